The van der Waals surface area contributed by atoms with E-state index >= 15 is 0 Å². The van der Waals surface area contributed by atoms with Gasteiger partial charge in [0.05, 0.1) is 18.8 Å². The minimum Gasteiger partial charge on any atom is -0.490 e. The van der Waals surface area contributed by atoms with Crippen molar-refractivity contribution in [2.24, 2.45) is 0 Å². The second-order valence-corrected chi connectivity index (χ2v) is 7.24. The van der Waals surface area contributed by atoms with Crippen LogP contribution in [0.15, 0.2) is 34.9 Å². The van der Waals surface area contributed by atoms with Crippen LogP contribution in [-0.4, -0.2) is 41.1 Å². The second kappa shape index (κ2) is 9.23. The number of nitrogens with one attached hydrogen (secondary N) is 1. The van der Waals surface area contributed by atoms with Gasteiger partial charge < -0.3 is 19.2 Å². The Morgan fingerprint density at radius 2 is 2.06 bits per heavy atom. The van der Waals surface area contributed by atoms with Crippen LogP contribution in [0.4, 0.5) is 13.2 Å². The Morgan fingerprint density at radius 3 is 2.74 bits per heavy atom. The van der Waals surface area contributed by atoms with Crippen LogP contribution in [0.5, 0.6) is 11.6 Å². The highest BCUT2D eigenvalue weighted by molar-refractivity contribution is 5.76. The maximum atomic E-state index is 14.3. The number of pyridine rings is 1. The highest BCUT2D eigenvalue weighted by Crippen LogP contribution is 2.29. The number of carbonyl (C=O) groups excluding carboxylic acids is 1. The van der Waals surface area contributed by atoms with Crippen molar-refractivity contribution in [2.45, 2.75) is 39.2 Å². The van der Waals surface area contributed by atoms with Crippen LogP contribution in [0.1, 0.15) is 27.2 Å². The molecule has 0 aliphatic rings. The zero-order valence-corrected chi connectivity index (χ0v) is 17.2. The van der Waals surface area contributed by atoms with Crippen molar-refractivity contribution < 1.29 is 31.9 Å². The third-order valence-corrected chi connectivity index (χ3v) is 4.16. The number of nitrogens with zero attached hydrogens (tertiary/aromatic N) is 2. The van der Waals surface area contributed by atoms with Crippen LogP contribution < -0.4 is 14.8 Å². The Labute approximate surface area is 176 Å². The van der Waals surface area contributed by atoms with Crippen molar-refractivity contribution >= 4 is 17.0 Å². The van der Waals surface area contributed by atoms with Crippen LogP contribution in [0, 0.1) is 5.82 Å². The molecule has 1 N–H and O–H groups in total. The molecule has 10 heteroatoms. The number of amides is 1. The first-order chi connectivity index (χ1) is 14.6. The average molecular weight is 437 g/mol. The normalized spacial score (nSPS) is 12.6. The third kappa shape index (κ3) is 6.34. The molecule has 1 aromatic carbocycles. The molecule has 0 bridgehead atoms. The molecule has 31 heavy (non-hydrogen) atoms. The van der Waals surface area contributed by atoms with E-state index in [0.29, 0.717) is 16.7 Å². The number of aromatic nitrogens is 2. The van der Waals surface area contributed by atoms with Crippen LogP contribution in [0.25, 0.3) is 22.6 Å². The van der Waals surface area contributed by atoms with E-state index in [0.717, 1.165) is 13.0 Å². The van der Waals surface area contributed by atoms with Gasteiger partial charge in [0.15, 0.2) is 17.1 Å². The van der Waals surface area contributed by atoms with E-state index in [4.69, 9.17) is 13.9 Å². The molecule has 2 heterocycles. The van der Waals surface area contributed by atoms with Gasteiger partial charge >= 0.3 is 0 Å². The van der Waals surface area contributed by atoms with E-state index in [1.165, 1.54) is 25.3 Å². The van der Waals surface area contributed by atoms with Crippen LogP contribution >= 0.6 is 0 Å². The molecule has 0 spiro atoms. The second-order valence-electron chi connectivity index (χ2n) is 7.24. The number of fused-ring (bicyclic) bond motifs is 1. The molecule has 0 saturated carbocycles. The van der Waals surface area contributed by atoms with Gasteiger partial charge in [-0.2, -0.15) is 0 Å². The first-order valence-electron chi connectivity index (χ1n) is 9.58. The molecule has 0 fully saturated rings. The number of rotatable bonds is 9. The fourth-order valence-corrected chi connectivity index (χ4v) is 2.71. The zero-order valence-electron chi connectivity index (χ0n) is 17.2. The Balaban J connectivity index is 1.70. The molecular weight excluding hydrogens is 415 g/mol. The molecule has 0 aliphatic carbocycles. The number of halogens is 3. The number of alkyl halides is 2. The van der Waals surface area contributed by atoms with Crippen molar-refractivity contribution in [3.63, 3.8) is 0 Å². The van der Waals surface area contributed by atoms with E-state index < -0.39 is 18.2 Å². The molecule has 3 rings (SSSR count). The number of oxazole rings is 1. The van der Waals surface area contributed by atoms with E-state index in [2.05, 4.69) is 15.3 Å². The highest BCUT2D eigenvalue weighted by Gasteiger charge is 2.21. The largest absolute Gasteiger partial charge is 0.490 e. The summed E-state index contributed by atoms with van der Waals surface area (Å²) in [6.07, 6.45) is 0.944. The Hall–Kier alpha value is -3.30. The molecule has 0 unspecified atom stereocenters. The number of carbonyl (C=O) groups is 1. The first-order valence-corrected chi connectivity index (χ1v) is 9.58. The van der Waals surface area contributed by atoms with Crippen LogP contribution in [0.2, 0.25) is 0 Å². The summed E-state index contributed by atoms with van der Waals surface area (Å²) >= 11 is 0. The molecule has 2 aromatic heterocycles. The highest BCUT2D eigenvalue weighted by atomic mass is 19.3. The van der Waals surface area contributed by atoms with Gasteiger partial charge in [-0.15, -0.1) is 0 Å². The van der Waals surface area contributed by atoms with E-state index in [1.807, 2.05) is 0 Å². The molecule has 3 aromatic rings. The Kier molecular flexibility index (Phi) is 6.67. The maximum Gasteiger partial charge on any atom is 0.248 e. The number of benzene rings is 1. The molecule has 0 aliphatic heterocycles. The van der Waals surface area contributed by atoms with Gasteiger partial charge in [-0.3, -0.25) is 4.79 Å². The lowest BCUT2D eigenvalue weighted by Gasteiger charge is -2.12. The molecular formula is C21H22F3N3O4. The summed E-state index contributed by atoms with van der Waals surface area (Å²) < 4.78 is 56.3. The molecule has 166 valence electrons. The number of hydrogen-bond donors (Lipinski definition) is 1. The molecule has 7 nitrogen and oxygen atoms in total. The average Bonchev–Trinajstić information content (AvgIpc) is 3.09. The van der Waals surface area contributed by atoms with E-state index in [-0.39, 0.29) is 42.7 Å². The summed E-state index contributed by atoms with van der Waals surface area (Å²) in [5.41, 5.74) is 1.19. The SMILES string of the molecule is CC(=O)N[C@@H](C)COc1cc2oc(-c3ccc(OCCC(C)(F)F)c(F)c3)nc2cn1. The number of hydrogen-bond acceptors (Lipinski definition) is 6. The molecule has 0 radical (unpaired) electrons. The summed E-state index contributed by atoms with van der Waals surface area (Å²) in [5.74, 6) is -3.44. The Morgan fingerprint density at radius 1 is 1.29 bits per heavy atom. The third-order valence-electron chi connectivity index (χ3n) is 4.16. The monoisotopic (exact) mass is 437 g/mol. The molecule has 0 saturated heterocycles. The molecule has 1 amide bonds. The topological polar surface area (TPSA) is 86.5 Å². The summed E-state index contributed by atoms with van der Waals surface area (Å²) in [6, 6.07) is 5.36. The van der Waals surface area contributed by atoms with Crippen molar-refractivity contribution in [2.75, 3.05) is 13.2 Å². The number of ether oxygens (including phenoxy) is 2. The summed E-state index contributed by atoms with van der Waals surface area (Å²) in [7, 11) is 0. The van der Waals surface area contributed by atoms with Gasteiger partial charge in [0, 0.05) is 25.0 Å². The summed E-state index contributed by atoms with van der Waals surface area (Å²) in [6.45, 7) is 3.90. The molecule has 1 atom stereocenters. The van der Waals surface area contributed by atoms with E-state index in [9.17, 15) is 18.0 Å². The predicted octanol–water partition coefficient (Wildman–Crippen LogP) is 4.36. The van der Waals surface area contributed by atoms with Crippen molar-refractivity contribution in [3.8, 4) is 23.1 Å². The quantitative estimate of drug-likeness (QED) is 0.536. The standard InChI is InChI=1S/C21H22F3N3O4/c1-12(26-13(2)28)11-30-19-9-18-16(10-25-19)27-20(31-18)14-4-5-17(15(22)8-14)29-7-6-21(3,23)24/h4-5,8-10,12H,6-7,11H2,1-3H3,(H,26,28)/t12-/m0/s1. The lowest BCUT2D eigenvalue weighted by Crippen LogP contribution is -2.35. The maximum absolute atomic E-state index is 14.3. The van der Waals surface area contributed by atoms with Gasteiger partial charge in [-0.25, -0.2) is 23.1 Å². The van der Waals surface area contributed by atoms with Gasteiger partial charge in [0.2, 0.25) is 23.6 Å². The summed E-state index contributed by atoms with van der Waals surface area (Å²) in [4.78, 5) is 19.5. The minimum atomic E-state index is -2.88. The lowest BCUT2D eigenvalue weighted by molar-refractivity contribution is -0.119. The van der Waals surface area contributed by atoms with Gasteiger partial charge in [-0.05, 0) is 32.0 Å². The summed E-state index contributed by atoms with van der Waals surface area (Å²) in [5, 5.41) is 2.70. The fraction of sp³-hybridized carbons (Fsp3) is 0.381. The fourth-order valence-electron chi connectivity index (χ4n) is 2.71. The zero-order chi connectivity index (χ0) is 22.6. The van der Waals surface area contributed by atoms with Gasteiger partial charge in [0.1, 0.15) is 12.1 Å². The van der Waals surface area contributed by atoms with E-state index in [1.54, 1.807) is 13.0 Å². The Bertz CT molecular complexity index is 1070. The van der Waals surface area contributed by atoms with Crippen LogP contribution in [0.3, 0.4) is 0 Å². The minimum absolute atomic E-state index is 0.130. The van der Waals surface area contributed by atoms with Crippen molar-refractivity contribution in [1.82, 2.24) is 15.3 Å². The predicted molar refractivity (Wildman–Crippen MR) is 107 cm³/mol. The van der Waals surface area contributed by atoms with Crippen molar-refractivity contribution in [1.29, 1.82) is 0 Å². The van der Waals surface area contributed by atoms with Gasteiger partial charge in [-0.1, -0.05) is 0 Å². The lowest BCUT2D eigenvalue weighted by atomic mass is 10.2. The van der Waals surface area contributed by atoms with Crippen molar-refractivity contribution in [3.05, 3.63) is 36.3 Å². The van der Waals surface area contributed by atoms with Crippen LogP contribution in [-0.2, 0) is 4.79 Å². The van der Waals surface area contributed by atoms with Gasteiger partial charge in [0.25, 0.3) is 0 Å². The smallest absolute Gasteiger partial charge is 0.248 e. The first kappa shape index (κ1) is 22.4.